The van der Waals surface area contributed by atoms with Gasteiger partial charge in [-0.25, -0.2) is 4.39 Å². The SMILES string of the molecule is CCCOc1cc(NC(C)Cc2ccco2)c(N)cc1F. The van der Waals surface area contributed by atoms with Crippen molar-refractivity contribution >= 4 is 11.4 Å². The molecule has 2 rings (SSSR count). The molecule has 5 heteroatoms. The highest BCUT2D eigenvalue weighted by Gasteiger charge is 2.12. The molecule has 0 amide bonds. The van der Waals surface area contributed by atoms with E-state index in [-0.39, 0.29) is 11.8 Å². The number of anilines is 2. The van der Waals surface area contributed by atoms with Crippen LogP contribution < -0.4 is 15.8 Å². The third kappa shape index (κ3) is 4.15. The maximum absolute atomic E-state index is 13.7. The smallest absolute Gasteiger partial charge is 0.167 e. The van der Waals surface area contributed by atoms with Crippen molar-refractivity contribution in [1.29, 1.82) is 0 Å². The number of furan rings is 1. The standard InChI is InChI=1S/C16H21FN2O2/c1-3-6-21-16-10-15(14(18)9-13(16)17)19-11(2)8-12-5-4-7-20-12/h4-5,7,9-11,19H,3,6,8,18H2,1-2H3. The second-order valence-corrected chi connectivity index (χ2v) is 5.05. The van der Waals surface area contributed by atoms with Crippen LogP contribution in [0.2, 0.25) is 0 Å². The van der Waals surface area contributed by atoms with Crippen molar-refractivity contribution in [3.63, 3.8) is 0 Å². The lowest BCUT2D eigenvalue weighted by Gasteiger charge is -2.17. The first kappa shape index (κ1) is 15.2. The van der Waals surface area contributed by atoms with Gasteiger partial charge in [0.15, 0.2) is 11.6 Å². The first-order valence-electron chi connectivity index (χ1n) is 7.11. The van der Waals surface area contributed by atoms with Gasteiger partial charge < -0.3 is 20.2 Å². The summed E-state index contributed by atoms with van der Waals surface area (Å²) in [5.74, 6) is 0.669. The van der Waals surface area contributed by atoms with Gasteiger partial charge in [-0.3, -0.25) is 0 Å². The molecule has 1 atom stereocenters. The van der Waals surface area contributed by atoms with E-state index in [9.17, 15) is 4.39 Å². The Morgan fingerprint density at radius 1 is 1.43 bits per heavy atom. The zero-order chi connectivity index (χ0) is 15.2. The number of nitrogens with two attached hydrogens (primary N) is 1. The number of benzene rings is 1. The van der Waals surface area contributed by atoms with Gasteiger partial charge in [0.1, 0.15) is 5.76 Å². The molecule has 3 N–H and O–H groups in total. The normalized spacial score (nSPS) is 12.1. The molecule has 0 bridgehead atoms. The summed E-state index contributed by atoms with van der Waals surface area (Å²) >= 11 is 0. The minimum atomic E-state index is -0.440. The van der Waals surface area contributed by atoms with Crippen molar-refractivity contribution < 1.29 is 13.5 Å². The third-order valence-corrected chi connectivity index (χ3v) is 3.06. The van der Waals surface area contributed by atoms with E-state index >= 15 is 0 Å². The fourth-order valence-corrected chi connectivity index (χ4v) is 2.06. The molecule has 0 aliphatic heterocycles. The van der Waals surface area contributed by atoms with Gasteiger partial charge in [0.25, 0.3) is 0 Å². The van der Waals surface area contributed by atoms with E-state index in [0.29, 0.717) is 18.0 Å². The van der Waals surface area contributed by atoms with Gasteiger partial charge in [-0.15, -0.1) is 0 Å². The molecule has 1 unspecified atom stereocenters. The van der Waals surface area contributed by atoms with E-state index in [1.54, 1.807) is 12.3 Å². The molecule has 0 aliphatic rings. The Hall–Kier alpha value is -2.17. The highest BCUT2D eigenvalue weighted by Crippen LogP contribution is 2.29. The number of nitrogens with one attached hydrogen (secondary N) is 1. The topological polar surface area (TPSA) is 60.4 Å². The molecule has 114 valence electrons. The summed E-state index contributed by atoms with van der Waals surface area (Å²) in [5, 5.41) is 3.26. The summed E-state index contributed by atoms with van der Waals surface area (Å²) < 4.78 is 24.4. The van der Waals surface area contributed by atoms with Crippen molar-refractivity contribution in [2.24, 2.45) is 0 Å². The van der Waals surface area contributed by atoms with E-state index in [1.807, 2.05) is 26.0 Å². The predicted octanol–water partition coefficient (Wildman–Crippen LogP) is 3.83. The first-order chi connectivity index (χ1) is 10.1. The second kappa shape index (κ2) is 7.02. The van der Waals surface area contributed by atoms with Crippen LogP contribution in [0.25, 0.3) is 0 Å². The molecule has 0 aliphatic carbocycles. The van der Waals surface area contributed by atoms with Crippen LogP contribution in [0.3, 0.4) is 0 Å². The fraction of sp³-hybridized carbons (Fsp3) is 0.375. The minimum Gasteiger partial charge on any atom is -0.490 e. The van der Waals surface area contributed by atoms with Gasteiger partial charge in [0.2, 0.25) is 0 Å². The lowest BCUT2D eigenvalue weighted by Crippen LogP contribution is -2.19. The molecule has 2 aromatic rings. The third-order valence-electron chi connectivity index (χ3n) is 3.06. The molecular weight excluding hydrogens is 271 g/mol. The molecule has 4 nitrogen and oxygen atoms in total. The van der Waals surface area contributed by atoms with Gasteiger partial charge in [-0.05, 0) is 25.5 Å². The molecule has 0 radical (unpaired) electrons. The molecule has 0 spiro atoms. The summed E-state index contributed by atoms with van der Waals surface area (Å²) in [6.07, 6.45) is 3.18. The molecule has 1 aromatic heterocycles. The van der Waals surface area contributed by atoms with Crippen molar-refractivity contribution in [2.75, 3.05) is 17.7 Å². The van der Waals surface area contributed by atoms with E-state index in [0.717, 1.165) is 18.6 Å². The maximum atomic E-state index is 13.7. The molecule has 0 saturated carbocycles. The van der Waals surface area contributed by atoms with Crippen LogP contribution in [0.15, 0.2) is 34.9 Å². The van der Waals surface area contributed by atoms with E-state index in [1.165, 1.54) is 6.07 Å². The average Bonchev–Trinajstić information content (AvgIpc) is 2.93. The van der Waals surface area contributed by atoms with Crippen LogP contribution in [0.1, 0.15) is 26.0 Å². The highest BCUT2D eigenvalue weighted by molar-refractivity contribution is 5.69. The minimum absolute atomic E-state index is 0.0999. The lowest BCUT2D eigenvalue weighted by atomic mass is 10.1. The van der Waals surface area contributed by atoms with Gasteiger partial charge in [-0.1, -0.05) is 6.92 Å². The number of hydrogen-bond acceptors (Lipinski definition) is 4. The summed E-state index contributed by atoms with van der Waals surface area (Å²) in [7, 11) is 0. The van der Waals surface area contributed by atoms with Crippen LogP contribution in [0.5, 0.6) is 5.75 Å². The molecule has 1 aromatic carbocycles. The van der Waals surface area contributed by atoms with Crippen molar-refractivity contribution in [3.05, 3.63) is 42.1 Å². The van der Waals surface area contributed by atoms with Crippen LogP contribution in [0, 0.1) is 5.82 Å². The number of nitrogen functional groups attached to an aromatic ring is 1. The van der Waals surface area contributed by atoms with Crippen LogP contribution in [0.4, 0.5) is 15.8 Å². The molecule has 0 fully saturated rings. The van der Waals surface area contributed by atoms with Crippen LogP contribution in [-0.4, -0.2) is 12.6 Å². The highest BCUT2D eigenvalue weighted by atomic mass is 19.1. The summed E-state index contributed by atoms with van der Waals surface area (Å²) in [6, 6.07) is 6.77. The molecule has 21 heavy (non-hydrogen) atoms. The monoisotopic (exact) mass is 292 g/mol. The summed E-state index contributed by atoms with van der Waals surface area (Å²) in [6.45, 7) is 4.46. The Morgan fingerprint density at radius 2 is 2.24 bits per heavy atom. The van der Waals surface area contributed by atoms with Gasteiger partial charge in [-0.2, -0.15) is 0 Å². The molecule has 1 heterocycles. The predicted molar refractivity (Wildman–Crippen MR) is 82.1 cm³/mol. The molecule has 0 saturated heterocycles. The Kier molecular flexibility index (Phi) is 5.09. The zero-order valence-electron chi connectivity index (χ0n) is 12.4. The van der Waals surface area contributed by atoms with Crippen LogP contribution in [-0.2, 0) is 6.42 Å². The fourth-order valence-electron chi connectivity index (χ4n) is 2.06. The summed E-state index contributed by atoms with van der Waals surface area (Å²) in [4.78, 5) is 0. The largest absolute Gasteiger partial charge is 0.490 e. The van der Waals surface area contributed by atoms with Crippen molar-refractivity contribution in [3.8, 4) is 5.75 Å². The number of rotatable bonds is 7. The van der Waals surface area contributed by atoms with Crippen LogP contribution >= 0.6 is 0 Å². The quantitative estimate of drug-likeness (QED) is 0.761. The number of ether oxygens (including phenoxy) is 1. The number of halogens is 1. The van der Waals surface area contributed by atoms with Gasteiger partial charge in [0, 0.05) is 24.6 Å². The van der Waals surface area contributed by atoms with Crippen molar-refractivity contribution in [2.45, 2.75) is 32.7 Å². The first-order valence-corrected chi connectivity index (χ1v) is 7.11. The average molecular weight is 292 g/mol. The van der Waals surface area contributed by atoms with E-state index in [4.69, 9.17) is 14.9 Å². The van der Waals surface area contributed by atoms with Crippen molar-refractivity contribution in [1.82, 2.24) is 0 Å². The van der Waals surface area contributed by atoms with E-state index in [2.05, 4.69) is 5.32 Å². The Morgan fingerprint density at radius 3 is 2.90 bits per heavy atom. The van der Waals surface area contributed by atoms with Gasteiger partial charge >= 0.3 is 0 Å². The maximum Gasteiger partial charge on any atom is 0.167 e. The Bertz CT molecular complexity index is 570. The summed E-state index contributed by atoms with van der Waals surface area (Å²) in [5.41, 5.74) is 6.89. The Balaban J connectivity index is 2.07. The lowest BCUT2D eigenvalue weighted by molar-refractivity contribution is 0.301. The number of hydrogen-bond donors (Lipinski definition) is 2. The second-order valence-electron chi connectivity index (χ2n) is 5.05. The van der Waals surface area contributed by atoms with Gasteiger partial charge in [0.05, 0.1) is 24.2 Å². The van der Waals surface area contributed by atoms with E-state index < -0.39 is 5.82 Å². The zero-order valence-corrected chi connectivity index (χ0v) is 12.4. The Labute approximate surface area is 124 Å². The molecular formula is C16H21FN2O2.